The summed E-state index contributed by atoms with van der Waals surface area (Å²) in [6, 6.07) is 4.95. The molecule has 0 spiro atoms. The molecular formula is C11H14FNO. The number of H-pyrrole nitrogens is 1. The standard InChI is InChI=1S/C9H8FNO.C2H6/c1-12-7-4-6-2-3-11-9(6)8(10)5-7;1-2/h2-5,11H,1H3;1-2H3. The molecule has 1 aromatic heterocycles. The second-order valence-corrected chi connectivity index (χ2v) is 2.55. The number of rotatable bonds is 1. The minimum absolute atomic E-state index is 0.283. The molecule has 3 heteroatoms. The highest BCUT2D eigenvalue weighted by molar-refractivity contribution is 5.81. The van der Waals surface area contributed by atoms with Crippen molar-refractivity contribution in [2.75, 3.05) is 7.11 Å². The van der Waals surface area contributed by atoms with Gasteiger partial charge in [-0.3, -0.25) is 0 Å². The SMILES string of the molecule is CC.COc1cc(F)c2[nH]ccc2c1. The Bertz CT molecular complexity index is 409. The lowest BCUT2D eigenvalue weighted by atomic mass is 10.2. The van der Waals surface area contributed by atoms with Crippen LogP contribution in [0.4, 0.5) is 4.39 Å². The van der Waals surface area contributed by atoms with Crippen LogP contribution in [0.3, 0.4) is 0 Å². The summed E-state index contributed by atoms with van der Waals surface area (Å²) in [4.78, 5) is 2.81. The summed E-state index contributed by atoms with van der Waals surface area (Å²) in [5.74, 6) is 0.258. The maximum Gasteiger partial charge on any atom is 0.150 e. The van der Waals surface area contributed by atoms with Gasteiger partial charge in [0.25, 0.3) is 0 Å². The van der Waals surface area contributed by atoms with Crippen molar-refractivity contribution in [2.45, 2.75) is 13.8 Å². The van der Waals surface area contributed by atoms with Gasteiger partial charge in [-0.05, 0) is 12.1 Å². The summed E-state index contributed by atoms with van der Waals surface area (Å²) in [5.41, 5.74) is 0.524. The fourth-order valence-corrected chi connectivity index (χ4v) is 1.22. The zero-order valence-electron chi connectivity index (χ0n) is 8.60. The van der Waals surface area contributed by atoms with E-state index >= 15 is 0 Å². The van der Waals surface area contributed by atoms with Gasteiger partial charge in [-0.25, -0.2) is 4.39 Å². The highest BCUT2D eigenvalue weighted by atomic mass is 19.1. The molecule has 0 amide bonds. The van der Waals surface area contributed by atoms with Gasteiger partial charge >= 0.3 is 0 Å². The van der Waals surface area contributed by atoms with Crippen LogP contribution < -0.4 is 4.74 Å². The average molecular weight is 195 g/mol. The van der Waals surface area contributed by atoms with E-state index in [9.17, 15) is 4.39 Å². The monoisotopic (exact) mass is 195 g/mol. The molecule has 2 nitrogen and oxygen atoms in total. The van der Waals surface area contributed by atoms with Gasteiger partial charge in [-0.2, -0.15) is 0 Å². The molecule has 0 bridgehead atoms. The number of hydrogen-bond donors (Lipinski definition) is 1. The lowest BCUT2D eigenvalue weighted by Crippen LogP contribution is -1.84. The van der Waals surface area contributed by atoms with Gasteiger partial charge < -0.3 is 9.72 Å². The number of methoxy groups -OCH3 is 1. The van der Waals surface area contributed by atoms with Crippen LogP contribution in [0.5, 0.6) is 5.75 Å². The highest BCUT2D eigenvalue weighted by Crippen LogP contribution is 2.22. The number of ether oxygens (including phenoxy) is 1. The predicted molar refractivity (Wildman–Crippen MR) is 56.2 cm³/mol. The van der Waals surface area contributed by atoms with Crippen molar-refractivity contribution in [1.29, 1.82) is 0 Å². The first-order valence-electron chi connectivity index (χ1n) is 4.62. The van der Waals surface area contributed by atoms with Crippen molar-refractivity contribution in [1.82, 2.24) is 4.98 Å². The summed E-state index contributed by atoms with van der Waals surface area (Å²) < 4.78 is 18.1. The molecule has 0 fully saturated rings. The molecular weight excluding hydrogens is 181 g/mol. The number of fused-ring (bicyclic) bond motifs is 1. The summed E-state index contributed by atoms with van der Waals surface area (Å²) >= 11 is 0. The van der Waals surface area contributed by atoms with Crippen molar-refractivity contribution >= 4 is 10.9 Å². The smallest absolute Gasteiger partial charge is 0.150 e. The third kappa shape index (κ3) is 1.87. The molecule has 0 aliphatic rings. The summed E-state index contributed by atoms with van der Waals surface area (Å²) in [7, 11) is 1.52. The highest BCUT2D eigenvalue weighted by Gasteiger charge is 2.03. The Morgan fingerprint density at radius 1 is 1.29 bits per heavy atom. The topological polar surface area (TPSA) is 25.0 Å². The Hall–Kier alpha value is -1.51. The number of halogens is 1. The van der Waals surface area contributed by atoms with Crippen LogP contribution in [0.15, 0.2) is 24.4 Å². The molecule has 0 aliphatic heterocycles. The second-order valence-electron chi connectivity index (χ2n) is 2.55. The van der Waals surface area contributed by atoms with E-state index in [1.165, 1.54) is 13.2 Å². The van der Waals surface area contributed by atoms with Crippen molar-refractivity contribution < 1.29 is 9.13 Å². The average Bonchev–Trinajstić information content (AvgIpc) is 2.69. The molecule has 0 saturated heterocycles. The van der Waals surface area contributed by atoms with E-state index in [0.29, 0.717) is 11.3 Å². The Balaban J connectivity index is 0.000000461. The molecule has 0 aliphatic carbocycles. The van der Waals surface area contributed by atoms with Gasteiger partial charge in [0.2, 0.25) is 0 Å². The van der Waals surface area contributed by atoms with E-state index in [-0.39, 0.29) is 5.82 Å². The maximum atomic E-state index is 13.2. The molecule has 0 atom stereocenters. The zero-order valence-corrected chi connectivity index (χ0v) is 8.60. The number of benzene rings is 1. The maximum absolute atomic E-state index is 13.2. The summed E-state index contributed by atoms with van der Waals surface area (Å²) in [5, 5.41) is 0.826. The summed E-state index contributed by atoms with van der Waals surface area (Å²) in [6.45, 7) is 4.00. The van der Waals surface area contributed by atoms with Crippen LogP contribution in [0, 0.1) is 5.82 Å². The van der Waals surface area contributed by atoms with Crippen LogP contribution in [-0.4, -0.2) is 12.1 Å². The molecule has 1 aromatic carbocycles. The Labute approximate surface area is 82.7 Å². The van der Waals surface area contributed by atoms with Crippen LogP contribution in [-0.2, 0) is 0 Å². The number of nitrogens with one attached hydrogen (secondary N) is 1. The molecule has 2 aromatic rings. The molecule has 76 valence electrons. The minimum atomic E-state index is -0.283. The van der Waals surface area contributed by atoms with Crippen molar-refractivity contribution in [3.8, 4) is 5.75 Å². The van der Waals surface area contributed by atoms with Crippen molar-refractivity contribution in [3.63, 3.8) is 0 Å². The van der Waals surface area contributed by atoms with Gasteiger partial charge in [0.05, 0.1) is 12.6 Å². The van der Waals surface area contributed by atoms with Gasteiger partial charge in [0.15, 0.2) is 5.82 Å². The Morgan fingerprint density at radius 3 is 2.64 bits per heavy atom. The Kier molecular flexibility index (Phi) is 3.51. The quantitative estimate of drug-likeness (QED) is 0.741. The van der Waals surface area contributed by atoms with Crippen LogP contribution in [0.2, 0.25) is 0 Å². The molecule has 2 rings (SSSR count). The predicted octanol–water partition coefficient (Wildman–Crippen LogP) is 3.34. The fraction of sp³-hybridized carbons (Fsp3) is 0.273. The third-order valence-electron chi connectivity index (χ3n) is 1.82. The fourth-order valence-electron chi connectivity index (χ4n) is 1.22. The van der Waals surface area contributed by atoms with Crippen molar-refractivity contribution in [2.24, 2.45) is 0 Å². The van der Waals surface area contributed by atoms with E-state index in [1.54, 1.807) is 18.3 Å². The molecule has 1 heterocycles. The van der Waals surface area contributed by atoms with E-state index in [1.807, 2.05) is 13.8 Å². The molecule has 0 unspecified atom stereocenters. The molecule has 0 saturated carbocycles. The third-order valence-corrected chi connectivity index (χ3v) is 1.82. The van der Waals surface area contributed by atoms with E-state index in [4.69, 9.17) is 4.74 Å². The van der Waals surface area contributed by atoms with Crippen LogP contribution in [0.25, 0.3) is 10.9 Å². The Morgan fingerprint density at radius 2 is 2.00 bits per heavy atom. The number of aromatic nitrogens is 1. The first-order chi connectivity index (χ1) is 6.81. The molecule has 0 radical (unpaired) electrons. The van der Waals surface area contributed by atoms with E-state index in [0.717, 1.165) is 5.39 Å². The summed E-state index contributed by atoms with van der Waals surface area (Å²) in [6.07, 6.45) is 1.70. The normalized spacial score (nSPS) is 9.43. The van der Waals surface area contributed by atoms with Gasteiger partial charge in [0.1, 0.15) is 5.75 Å². The second kappa shape index (κ2) is 4.65. The molecule has 14 heavy (non-hydrogen) atoms. The van der Waals surface area contributed by atoms with Crippen LogP contribution >= 0.6 is 0 Å². The van der Waals surface area contributed by atoms with Crippen molar-refractivity contribution in [3.05, 3.63) is 30.2 Å². The largest absolute Gasteiger partial charge is 0.497 e. The number of hydrogen-bond acceptors (Lipinski definition) is 1. The lowest BCUT2D eigenvalue weighted by Gasteiger charge is -1.99. The first-order valence-corrected chi connectivity index (χ1v) is 4.62. The van der Waals surface area contributed by atoms with E-state index in [2.05, 4.69) is 4.98 Å². The lowest BCUT2D eigenvalue weighted by molar-refractivity contribution is 0.412. The van der Waals surface area contributed by atoms with Gasteiger partial charge in [0, 0.05) is 17.6 Å². The molecule has 1 N–H and O–H groups in total. The number of aromatic amines is 1. The van der Waals surface area contributed by atoms with Gasteiger partial charge in [-0.15, -0.1) is 0 Å². The minimum Gasteiger partial charge on any atom is -0.497 e. The zero-order chi connectivity index (χ0) is 10.6. The van der Waals surface area contributed by atoms with Crippen LogP contribution in [0.1, 0.15) is 13.8 Å². The first kappa shape index (κ1) is 10.6. The van der Waals surface area contributed by atoms with E-state index < -0.39 is 0 Å². The van der Waals surface area contributed by atoms with Gasteiger partial charge in [-0.1, -0.05) is 13.8 Å².